The van der Waals surface area contributed by atoms with Crippen molar-refractivity contribution in [1.82, 2.24) is 5.32 Å². The Hall–Kier alpha value is -0.870. The minimum Gasteiger partial charge on any atom is -0.375 e. The quantitative estimate of drug-likeness (QED) is 0.528. The molecule has 0 aliphatic heterocycles. The lowest BCUT2D eigenvalue weighted by Gasteiger charge is -2.25. The van der Waals surface area contributed by atoms with Crippen molar-refractivity contribution in [2.45, 2.75) is 33.7 Å². The predicted molar refractivity (Wildman–Crippen MR) is 66.1 cm³/mol. The molecule has 0 rings (SSSR count). The molecule has 0 aliphatic rings. The van der Waals surface area contributed by atoms with E-state index in [1.54, 1.807) is 0 Å². The molecule has 4 nitrogen and oxygen atoms in total. The molecule has 1 atom stereocenters. The number of nitrogens with two attached hydrogens (primary N) is 1. The van der Waals surface area contributed by atoms with E-state index in [0.29, 0.717) is 19.8 Å². The SMILES string of the molecule is C=C(C)COCCNC(=O)C(N)C(C)(C)C. The fraction of sp³-hybridized carbons (Fsp3) is 0.750. The average Bonchev–Trinajstić information content (AvgIpc) is 2.13. The number of ether oxygens (including phenoxy) is 1. The van der Waals surface area contributed by atoms with Crippen molar-refractivity contribution in [1.29, 1.82) is 0 Å². The molecule has 0 aromatic carbocycles. The number of carbonyl (C=O) groups is 1. The van der Waals surface area contributed by atoms with E-state index in [-0.39, 0.29) is 11.3 Å². The van der Waals surface area contributed by atoms with E-state index in [0.717, 1.165) is 5.57 Å². The van der Waals surface area contributed by atoms with Crippen molar-refractivity contribution in [2.24, 2.45) is 11.1 Å². The van der Waals surface area contributed by atoms with E-state index >= 15 is 0 Å². The van der Waals surface area contributed by atoms with Crippen LogP contribution in [-0.4, -0.2) is 31.7 Å². The van der Waals surface area contributed by atoms with Crippen LogP contribution in [0, 0.1) is 5.41 Å². The first-order valence-electron chi connectivity index (χ1n) is 5.50. The fourth-order valence-electron chi connectivity index (χ4n) is 0.996. The van der Waals surface area contributed by atoms with Gasteiger partial charge < -0.3 is 15.8 Å². The van der Waals surface area contributed by atoms with Crippen molar-refractivity contribution in [3.05, 3.63) is 12.2 Å². The van der Waals surface area contributed by atoms with Crippen LogP contribution in [0.1, 0.15) is 27.7 Å². The molecule has 16 heavy (non-hydrogen) atoms. The maximum absolute atomic E-state index is 11.6. The monoisotopic (exact) mass is 228 g/mol. The molecule has 0 aliphatic carbocycles. The molecule has 94 valence electrons. The lowest BCUT2D eigenvalue weighted by atomic mass is 9.87. The topological polar surface area (TPSA) is 64.3 Å². The van der Waals surface area contributed by atoms with Gasteiger partial charge in [0.05, 0.1) is 19.3 Å². The summed E-state index contributed by atoms with van der Waals surface area (Å²) in [6.45, 7) is 12.9. The smallest absolute Gasteiger partial charge is 0.237 e. The van der Waals surface area contributed by atoms with Crippen molar-refractivity contribution in [3.63, 3.8) is 0 Å². The molecule has 0 radical (unpaired) electrons. The predicted octanol–water partition coefficient (Wildman–Crippen LogP) is 1.07. The summed E-state index contributed by atoms with van der Waals surface area (Å²) in [5.41, 5.74) is 6.54. The Balaban J connectivity index is 3.70. The van der Waals surface area contributed by atoms with Gasteiger partial charge in [-0.05, 0) is 12.3 Å². The van der Waals surface area contributed by atoms with Gasteiger partial charge >= 0.3 is 0 Å². The molecule has 1 amide bonds. The minimum atomic E-state index is -0.492. The van der Waals surface area contributed by atoms with E-state index < -0.39 is 6.04 Å². The molecular formula is C12H24N2O2. The summed E-state index contributed by atoms with van der Waals surface area (Å²) in [7, 11) is 0. The molecule has 0 spiro atoms. The number of rotatable bonds is 6. The van der Waals surface area contributed by atoms with Crippen molar-refractivity contribution < 1.29 is 9.53 Å². The Morgan fingerprint density at radius 2 is 2.06 bits per heavy atom. The van der Waals surface area contributed by atoms with E-state index in [2.05, 4.69) is 11.9 Å². The second-order valence-electron chi connectivity index (χ2n) is 5.14. The molecule has 0 saturated heterocycles. The Bertz CT molecular complexity index is 244. The highest BCUT2D eigenvalue weighted by Crippen LogP contribution is 2.16. The van der Waals surface area contributed by atoms with Crippen LogP contribution < -0.4 is 11.1 Å². The van der Waals surface area contributed by atoms with Gasteiger partial charge in [0.15, 0.2) is 0 Å². The second-order valence-corrected chi connectivity index (χ2v) is 5.14. The lowest BCUT2D eigenvalue weighted by molar-refractivity contribution is -0.124. The Kier molecular flexibility index (Phi) is 6.29. The van der Waals surface area contributed by atoms with Crippen molar-refractivity contribution >= 4 is 5.91 Å². The first kappa shape index (κ1) is 15.1. The highest BCUT2D eigenvalue weighted by molar-refractivity contribution is 5.82. The number of nitrogens with one attached hydrogen (secondary N) is 1. The van der Waals surface area contributed by atoms with Gasteiger partial charge in [-0.2, -0.15) is 0 Å². The number of amides is 1. The molecule has 3 N–H and O–H groups in total. The summed E-state index contributed by atoms with van der Waals surface area (Å²) >= 11 is 0. The van der Waals surface area contributed by atoms with Gasteiger partial charge in [0.2, 0.25) is 5.91 Å². The molecule has 4 heteroatoms. The van der Waals surface area contributed by atoms with E-state index in [1.807, 2.05) is 27.7 Å². The molecule has 0 fully saturated rings. The molecule has 0 aromatic rings. The van der Waals surface area contributed by atoms with Crippen molar-refractivity contribution in [2.75, 3.05) is 19.8 Å². The zero-order chi connectivity index (χ0) is 12.8. The van der Waals surface area contributed by atoms with Gasteiger partial charge in [-0.15, -0.1) is 0 Å². The minimum absolute atomic E-state index is 0.133. The van der Waals surface area contributed by atoms with Gasteiger partial charge in [-0.1, -0.05) is 32.9 Å². The van der Waals surface area contributed by atoms with Gasteiger partial charge in [0, 0.05) is 6.54 Å². The maximum Gasteiger partial charge on any atom is 0.237 e. The van der Waals surface area contributed by atoms with E-state index in [4.69, 9.17) is 10.5 Å². The van der Waals surface area contributed by atoms with Gasteiger partial charge in [0.1, 0.15) is 0 Å². The first-order chi connectivity index (χ1) is 7.25. The zero-order valence-corrected chi connectivity index (χ0v) is 10.8. The van der Waals surface area contributed by atoms with Crippen LogP contribution in [0.3, 0.4) is 0 Å². The lowest BCUT2D eigenvalue weighted by Crippen LogP contribution is -2.49. The largest absolute Gasteiger partial charge is 0.375 e. The van der Waals surface area contributed by atoms with Gasteiger partial charge in [-0.3, -0.25) is 4.79 Å². The van der Waals surface area contributed by atoms with Crippen LogP contribution in [-0.2, 0) is 9.53 Å². The normalized spacial score (nSPS) is 13.3. The third kappa shape index (κ3) is 6.58. The first-order valence-corrected chi connectivity index (χ1v) is 5.50. The standard InChI is InChI=1S/C12H24N2O2/c1-9(2)8-16-7-6-14-11(15)10(13)12(3,4)5/h10H,1,6-8,13H2,2-5H3,(H,14,15). The summed E-state index contributed by atoms with van der Waals surface area (Å²) < 4.78 is 5.26. The van der Waals surface area contributed by atoms with Gasteiger partial charge in [0.25, 0.3) is 0 Å². The summed E-state index contributed by atoms with van der Waals surface area (Å²) in [6, 6.07) is -0.492. The maximum atomic E-state index is 11.6. The molecule has 1 unspecified atom stereocenters. The van der Waals surface area contributed by atoms with Crippen molar-refractivity contribution in [3.8, 4) is 0 Å². The third-order valence-electron chi connectivity index (χ3n) is 2.11. The number of hydrogen-bond donors (Lipinski definition) is 2. The summed E-state index contributed by atoms with van der Waals surface area (Å²) in [4.78, 5) is 11.6. The highest BCUT2D eigenvalue weighted by Gasteiger charge is 2.26. The molecule has 0 heterocycles. The summed E-state index contributed by atoms with van der Waals surface area (Å²) in [5, 5.41) is 2.74. The van der Waals surface area contributed by atoms with Crippen LogP contribution in [0.15, 0.2) is 12.2 Å². The molecule has 0 saturated carbocycles. The van der Waals surface area contributed by atoms with Crippen LogP contribution >= 0.6 is 0 Å². The molecule has 0 aromatic heterocycles. The fourth-order valence-corrected chi connectivity index (χ4v) is 0.996. The van der Waals surface area contributed by atoms with E-state index in [1.165, 1.54) is 0 Å². The van der Waals surface area contributed by atoms with Crippen LogP contribution in [0.5, 0.6) is 0 Å². The Morgan fingerprint density at radius 1 is 1.50 bits per heavy atom. The van der Waals surface area contributed by atoms with Gasteiger partial charge in [-0.25, -0.2) is 0 Å². The summed E-state index contributed by atoms with van der Waals surface area (Å²) in [6.07, 6.45) is 0. The summed E-state index contributed by atoms with van der Waals surface area (Å²) in [5.74, 6) is -0.133. The highest BCUT2D eigenvalue weighted by atomic mass is 16.5. The zero-order valence-electron chi connectivity index (χ0n) is 10.8. The Morgan fingerprint density at radius 3 is 2.50 bits per heavy atom. The molecular weight excluding hydrogens is 204 g/mol. The van der Waals surface area contributed by atoms with E-state index in [9.17, 15) is 4.79 Å². The second kappa shape index (κ2) is 6.66. The van der Waals surface area contributed by atoms with Crippen LogP contribution in [0.2, 0.25) is 0 Å². The Labute approximate surface area is 98.2 Å². The molecule has 0 bridgehead atoms. The average molecular weight is 228 g/mol. The number of hydrogen-bond acceptors (Lipinski definition) is 3. The third-order valence-corrected chi connectivity index (χ3v) is 2.11. The number of carbonyl (C=O) groups excluding carboxylic acids is 1. The van der Waals surface area contributed by atoms with Crippen LogP contribution in [0.4, 0.5) is 0 Å². The van der Waals surface area contributed by atoms with Crippen LogP contribution in [0.25, 0.3) is 0 Å².